The fourth-order valence-electron chi connectivity index (χ4n) is 3.22. The van der Waals surface area contributed by atoms with E-state index in [1.165, 1.54) is 0 Å². The molecule has 5 heteroatoms. The highest BCUT2D eigenvalue weighted by Crippen LogP contribution is 2.57. The first kappa shape index (κ1) is 11.7. The molecule has 88 valence electrons. The van der Waals surface area contributed by atoms with E-state index >= 15 is 0 Å². The van der Waals surface area contributed by atoms with Gasteiger partial charge in [-0.3, -0.25) is 0 Å². The van der Waals surface area contributed by atoms with Crippen LogP contribution in [0.15, 0.2) is 0 Å². The zero-order chi connectivity index (χ0) is 11.3. The molecule has 0 bridgehead atoms. The average Bonchev–Trinajstić information content (AvgIpc) is 2.58. The Kier molecular flexibility index (Phi) is 2.81. The van der Waals surface area contributed by atoms with Gasteiger partial charge < -0.3 is 0 Å². The van der Waals surface area contributed by atoms with Crippen LogP contribution in [0.3, 0.4) is 0 Å². The van der Waals surface area contributed by atoms with Crippen molar-refractivity contribution in [2.24, 2.45) is 17.8 Å². The molecule has 0 aromatic rings. The van der Waals surface area contributed by atoms with E-state index in [0.29, 0.717) is 12.8 Å². The molecule has 2 saturated carbocycles. The van der Waals surface area contributed by atoms with Gasteiger partial charge in [0.2, 0.25) is 0 Å². The Hall–Kier alpha value is 0.200. The van der Waals surface area contributed by atoms with Crippen molar-refractivity contribution < 1.29 is 17.6 Å². The maximum atomic E-state index is 13.5. The molecule has 15 heavy (non-hydrogen) atoms. The van der Waals surface area contributed by atoms with Gasteiger partial charge in [-0.05, 0) is 47.0 Å². The molecule has 0 N–H and O–H groups in total. The average molecular weight is 289 g/mol. The summed E-state index contributed by atoms with van der Waals surface area (Å²) in [6, 6.07) is 0. The minimum absolute atomic E-state index is 0.191. The van der Waals surface area contributed by atoms with Gasteiger partial charge in [-0.2, -0.15) is 17.6 Å². The molecule has 0 amide bonds. The number of hydrogen-bond acceptors (Lipinski definition) is 0. The molecule has 2 rings (SSSR count). The molecule has 0 saturated heterocycles. The molecule has 0 nitrogen and oxygen atoms in total. The van der Waals surface area contributed by atoms with Gasteiger partial charge in [0.25, 0.3) is 0 Å². The van der Waals surface area contributed by atoms with Crippen LogP contribution in [0, 0.1) is 17.8 Å². The molecule has 0 radical (unpaired) electrons. The highest BCUT2D eigenvalue weighted by molar-refractivity contribution is 9.10. The number of fused-ring (bicyclic) bond motifs is 1. The highest BCUT2D eigenvalue weighted by Gasteiger charge is 2.63. The molecule has 0 spiro atoms. The van der Waals surface area contributed by atoms with Gasteiger partial charge in [0, 0.05) is 5.92 Å². The van der Waals surface area contributed by atoms with Crippen molar-refractivity contribution in [1.29, 1.82) is 0 Å². The summed E-state index contributed by atoms with van der Waals surface area (Å²) in [4.78, 5) is -4.07. The van der Waals surface area contributed by atoms with Crippen molar-refractivity contribution in [3.63, 3.8) is 0 Å². The maximum Gasteiger partial charge on any atom is 0.363 e. The third-order valence-electron chi connectivity index (χ3n) is 3.93. The first-order chi connectivity index (χ1) is 6.84. The minimum Gasteiger partial charge on any atom is -0.198 e. The minimum atomic E-state index is -4.07. The lowest BCUT2D eigenvalue weighted by molar-refractivity contribution is -0.189. The number of alkyl halides is 5. The summed E-state index contributed by atoms with van der Waals surface area (Å²) in [5.74, 6) is -4.98. The smallest absolute Gasteiger partial charge is 0.198 e. The first-order valence-electron chi connectivity index (χ1n) is 5.28. The second-order valence-electron chi connectivity index (χ2n) is 4.66. The lowest BCUT2D eigenvalue weighted by Gasteiger charge is -2.31. The maximum absolute atomic E-state index is 13.5. The quantitative estimate of drug-likeness (QED) is 0.521. The highest BCUT2D eigenvalue weighted by atomic mass is 79.9. The van der Waals surface area contributed by atoms with Crippen molar-refractivity contribution in [2.45, 2.75) is 42.9 Å². The van der Waals surface area contributed by atoms with Crippen LogP contribution in [-0.4, -0.2) is 10.8 Å². The summed E-state index contributed by atoms with van der Waals surface area (Å²) >= 11 is 1.82. The van der Waals surface area contributed by atoms with Crippen LogP contribution in [0.4, 0.5) is 17.6 Å². The number of halogens is 5. The molecule has 2 aliphatic carbocycles. The second kappa shape index (κ2) is 3.60. The summed E-state index contributed by atoms with van der Waals surface area (Å²) in [7, 11) is 0. The van der Waals surface area contributed by atoms with Crippen LogP contribution in [0.2, 0.25) is 0 Å². The van der Waals surface area contributed by atoms with Crippen LogP contribution in [0.25, 0.3) is 0 Å². The van der Waals surface area contributed by atoms with Crippen LogP contribution in [-0.2, 0) is 0 Å². The van der Waals surface area contributed by atoms with E-state index in [0.717, 1.165) is 12.8 Å². The van der Waals surface area contributed by atoms with Gasteiger partial charge in [0.05, 0.1) is 0 Å². The molecular formula is C10H13BrF4. The SMILES string of the molecule is FC(F)(Br)C(F)(F)C1CCC2CCCC21. The van der Waals surface area contributed by atoms with Gasteiger partial charge in [-0.1, -0.05) is 12.8 Å². The third-order valence-corrected chi connectivity index (χ3v) is 4.46. The summed E-state index contributed by atoms with van der Waals surface area (Å²) in [5.41, 5.74) is 0. The lowest BCUT2D eigenvalue weighted by atomic mass is 9.87. The van der Waals surface area contributed by atoms with Gasteiger partial charge in [0.1, 0.15) is 0 Å². The molecular weight excluding hydrogens is 276 g/mol. The fourth-order valence-corrected chi connectivity index (χ4v) is 3.52. The van der Waals surface area contributed by atoms with Gasteiger partial charge in [0.15, 0.2) is 0 Å². The van der Waals surface area contributed by atoms with Gasteiger partial charge in [-0.15, -0.1) is 0 Å². The van der Waals surface area contributed by atoms with E-state index in [4.69, 9.17) is 0 Å². The lowest BCUT2D eigenvalue weighted by Crippen LogP contribution is -2.44. The number of hydrogen-bond donors (Lipinski definition) is 0. The monoisotopic (exact) mass is 288 g/mol. The van der Waals surface area contributed by atoms with Crippen molar-refractivity contribution >= 4 is 15.9 Å². The Morgan fingerprint density at radius 1 is 0.933 bits per heavy atom. The molecule has 0 aromatic heterocycles. The van der Waals surface area contributed by atoms with E-state index in [1.54, 1.807) is 0 Å². The van der Waals surface area contributed by atoms with Gasteiger partial charge >= 0.3 is 10.8 Å². The van der Waals surface area contributed by atoms with E-state index in [1.807, 2.05) is 15.9 Å². The van der Waals surface area contributed by atoms with Crippen molar-refractivity contribution in [3.05, 3.63) is 0 Å². The molecule has 0 aromatic carbocycles. The molecule has 2 fully saturated rings. The molecule has 3 unspecified atom stereocenters. The molecule has 3 atom stereocenters. The van der Waals surface area contributed by atoms with Crippen LogP contribution in [0.1, 0.15) is 32.1 Å². The molecule has 0 aliphatic heterocycles. The summed E-state index contributed by atoms with van der Waals surface area (Å²) in [6.07, 6.45) is 3.46. The van der Waals surface area contributed by atoms with E-state index < -0.39 is 16.7 Å². The Bertz CT molecular complexity index is 248. The normalized spacial score (nSPS) is 37.0. The van der Waals surface area contributed by atoms with Crippen molar-refractivity contribution in [2.75, 3.05) is 0 Å². The van der Waals surface area contributed by atoms with E-state index in [2.05, 4.69) is 0 Å². The topological polar surface area (TPSA) is 0 Å². The van der Waals surface area contributed by atoms with Gasteiger partial charge in [-0.25, -0.2) is 0 Å². The predicted octanol–water partition coefficient (Wildman–Crippen LogP) is 4.44. The Balaban J connectivity index is 2.17. The summed E-state index contributed by atoms with van der Waals surface area (Å²) in [5, 5.41) is 0. The van der Waals surface area contributed by atoms with Crippen LogP contribution >= 0.6 is 15.9 Å². The predicted molar refractivity (Wildman–Crippen MR) is 52.4 cm³/mol. The van der Waals surface area contributed by atoms with E-state index in [9.17, 15) is 17.6 Å². The third kappa shape index (κ3) is 1.81. The Morgan fingerprint density at radius 3 is 2.20 bits per heavy atom. The van der Waals surface area contributed by atoms with Crippen LogP contribution in [0.5, 0.6) is 0 Å². The number of rotatable bonds is 2. The van der Waals surface area contributed by atoms with E-state index in [-0.39, 0.29) is 18.3 Å². The Labute approximate surface area is 94.5 Å². The fraction of sp³-hybridized carbons (Fsp3) is 1.00. The summed E-state index contributed by atoms with van der Waals surface area (Å²) in [6.45, 7) is 0. The summed E-state index contributed by atoms with van der Waals surface area (Å²) < 4.78 is 52.5. The van der Waals surface area contributed by atoms with Crippen molar-refractivity contribution in [3.8, 4) is 0 Å². The second-order valence-corrected chi connectivity index (χ2v) is 5.66. The zero-order valence-electron chi connectivity index (χ0n) is 8.16. The standard InChI is InChI=1S/C10H13BrF4/c11-10(14,15)9(12,13)8-5-4-6-2-1-3-7(6)8/h6-8H,1-5H2. The van der Waals surface area contributed by atoms with Crippen molar-refractivity contribution in [1.82, 2.24) is 0 Å². The molecule has 2 aliphatic rings. The van der Waals surface area contributed by atoms with Crippen LogP contribution < -0.4 is 0 Å². The largest absolute Gasteiger partial charge is 0.363 e. The molecule has 0 heterocycles. The Morgan fingerprint density at radius 2 is 1.60 bits per heavy atom. The first-order valence-corrected chi connectivity index (χ1v) is 6.08. The zero-order valence-corrected chi connectivity index (χ0v) is 9.74.